The summed E-state index contributed by atoms with van der Waals surface area (Å²) in [4.78, 5) is 12.7. The molecule has 0 aliphatic carbocycles. The van der Waals surface area contributed by atoms with E-state index in [9.17, 15) is 4.79 Å². The summed E-state index contributed by atoms with van der Waals surface area (Å²) in [5, 5.41) is 0. The number of rotatable bonds is 1. The van der Waals surface area contributed by atoms with Gasteiger partial charge in [-0.25, -0.2) is 0 Å². The van der Waals surface area contributed by atoms with Gasteiger partial charge in [-0.1, -0.05) is 0 Å². The Morgan fingerprint density at radius 3 is 3.00 bits per heavy atom. The summed E-state index contributed by atoms with van der Waals surface area (Å²) in [5.41, 5.74) is 0. The Kier molecular flexibility index (Phi) is 1.88. The van der Waals surface area contributed by atoms with Crippen molar-refractivity contribution in [2.75, 3.05) is 13.1 Å². The van der Waals surface area contributed by atoms with E-state index in [2.05, 4.69) is 11.8 Å². The third-order valence-corrected chi connectivity index (χ3v) is 1.52. The highest BCUT2D eigenvalue weighted by Gasteiger charge is 2.05. The maximum atomic E-state index is 10.6. The third-order valence-electron chi connectivity index (χ3n) is 1.52. The van der Waals surface area contributed by atoms with Crippen molar-refractivity contribution in [2.45, 2.75) is 13.3 Å². The van der Waals surface area contributed by atoms with Crippen LogP contribution in [0.3, 0.4) is 0 Å². The van der Waals surface area contributed by atoms with Gasteiger partial charge in [-0.05, 0) is 13.0 Å². The Balaban J connectivity index is 2.48. The molecule has 0 atom stereocenters. The molecule has 0 spiro atoms. The van der Waals surface area contributed by atoms with Crippen LogP contribution >= 0.6 is 0 Å². The van der Waals surface area contributed by atoms with Crippen LogP contribution in [-0.4, -0.2) is 23.8 Å². The van der Waals surface area contributed by atoms with Crippen molar-refractivity contribution in [1.29, 1.82) is 0 Å². The molecular weight excluding hydrogens is 114 g/mol. The quantitative estimate of drug-likeness (QED) is 0.516. The molecule has 1 aliphatic rings. The predicted molar refractivity (Wildman–Crippen MR) is 36.0 cm³/mol. The number of nitrogens with zero attached hydrogens (tertiary/aromatic N) is 1. The van der Waals surface area contributed by atoms with Crippen LogP contribution in [0.25, 0.3) is 0 Å². The van der Waals surface area contributed by atoms with Gasteiger partial charge in [0.15, 0.2) is 5.78 Å². The van der Waals surface area contributed by atoms with Crippen molar-refractivity contribution in [1.82, 2.24) is 4.90 Å². The minimum Gasteiger partial charge on any atom is -0.377 e. The van der Waals surface area contributed by atoms with Gasteiger partial charge >= 0.3 is 0 Å². The number of ketones is 1. The Morgan fingerprint density at radius 2 is 2.56 bits per heavy atom. The molecular formula is C7H11NO. The van der Waals surface area contributed by atoms with Gasteiger partial charge in [0.05, 0.1) is 0 Å². The molecule has 2 heteroatoms. The van der Waals surface area contributed by atoms with Crippen LogP contribution < -0.4 is 0 Å². The number of allylic oxidation sites excluding steroid dienone is 1. The normalized spacial score (nSPS) is 18.8. The summed E-state index contributed by atoms with van der Waals surface area (Å²) in [6, 6.07) is 0. The van der Waals surface area contributed by atoms with Gasteiger partial charge in [0, 0.05) is 25.7 Å². The van der Waals surface area contributed by atoms with Crippen LogP contribution in [0, 0.1) is 0 Å². The first-order chi connectivity index (χ1) is 4.33. The highest BCUT2D eigenvalue weighted by atomic mass is 16.1. The Hall–Kier alpha value is -0.790. The van der Waals surface area contributed by atoms with E-state index in [1.807, 2.05) is 6.20 Å². The van der Waals surface area contributed by atoms with Crippen LogP contribution in [0.15, 0.2) is 12.3 Å². The molecule has 0 saturated heterocycles. The second-order valence-corrected chi connectivity index (χ2v) is 2.16. The van der Waals surface area contributed by atoms with Crippen LogP contribution in [0.5, 0.6) is 0 Å². The first-order valence-electron chi connectivity index (χ1n) is 3.28. The lowest BCUT2D eigenvalue weighted by atomic mass is 10.2. The van der Waals surface area contributed by atoms with E-state index >= 15 is 0 Å². The maximum absolute atomic E-state index is 10.6. The fourth-order valence-corrected chi connectivity index (χ4v) is 0.864. The lowest BCUT2D eigenvalue weighted by Crippen LogP contribution is -2.23. The van der Waals surface area contributed by atoms with Crippen molar-refractivity contribution < 1.29 is 4.79 Å². The predicted octanol–water partition coefficient (Wildman–Crippen LogP) is 0.795. The first-order valence-corrected chi connectivity index (χ1v) is 3.28. The van der Waals surface area contributed by atoms with E-state index in [4.69, 9.17) is 0 Å². The highest BCUT2D eigenvalue weighted by Crippen LogP contribution is 2.00. The molecule has 0 bridgehead atoms. The van der Waals surface area contributed by atoms with E-state index in [0.717, 1.165) is 13.1 Å². The molecule has 0 unspecified atom stereocenters. The number of hydrogen-bond acceptors (Lipinski definition) is 2. The molecule has 50 valence electrons. The smallest absolute Gasteiger partial charge is 0.158 e. The minimum atomic E-state index is 0.250. The highest BCUT2D eigenvalue weighted by molar-refractivity contribution is 5.90. The minimum absolute atomic E-state index is 0.250. The van der Waals surface area contributed by atoms with Crippen LogP contribution in [0.2, 0.25) is 0 Å². The Morgan fingerprint density at radius 1 is 1.78 bits per heavy atom. The zero-order chi connectivity index (χ0) is 6.69. The van der Waals surface area contributed by atoms with Gasteiger partial charge in [-0.15, -0.1) is 0 Å². The average Bonchev–Trinajstić information content (AvgIpc) is 1.90. The fraction of sp³-hybridized carbons (Fsp3) is 0.571. The molecule has 0 aromatic rings. The molecule has 0 saturated carbocycles. The molecule has 2 nitrogen and oxygen atoms in total. The molecule has 0 radical (unpaired) electrons. The second-order valence-electron chi connectivity index (χ2n) is 2.16. The summed E-state index contributed by atoms with van der Waals surface area (Å²) in [7, 11) is 0. The molecule has 1 aliphatic heterocycles. The monoisotopic (exact) mass is 125 g/mol. The summed E-state index contributed by atoms with van der Waals surface area (Å²) < 4.78 is 0. The molecule has 9 heavy (non-hydrogen) atoms. The van der Waals surface area contributed by atoms with Crippen molar-refractivity contribution in [3.8, 4) is 0 Å². The topological polar surface area (TPSA) is 20.3 Å². The van der Waals surface area contributed by atoms with Crippen molar-refractivity contribution in [2.24, 2.45) is 0 Å². The summed E-state index contributed by atoms with van der Waals surface area (Å²) in [6.07, 6.45) is 4.20. The summed E-state index contributed by atoms with van der Waals surface area (Å²) >= 11 is 0. The zero-order valence-corrected chi connectivity index (χ0v) is 5.63. The average molecular weight is 125 g/mol. The lowest BCUT2D eigenvalue weighted by Gasteiger charge is -2.19. The summed E-state index contributed by atoms with van der Waals surface area (Å²) in [6.45, 7) is 3.98. The Labute approximate surface area is 55.2 Å². The summed E-state index contributed by atoms with van der Waals surface area (Å²) in [5.74, 6) is 0.250. The largest absolute Gasteiger partial charge is 0.377 e. The number of carbonyl (C=O) groups is 1. The standard InChI is InChI=1S/C7H11NO/c1-2-8-5-3-7(9)4-6-8/h3,5H,2,4,6H2,1H3. The van der Waals surface area contributed by atoms with Gasteiger partial charge in [-0.2, -0.15) is 0 Å². The van der Waals surface area contributed by atoms with E-state index in [1.54, 1.807) is 6.08 Å². The first kappa shape index (κ1) is 6.33. The van der Waals surface area contributed by atoms with Crippen LogP contribution in [0.1, 0.15) is 13.3 Å². The third kappa shape index (κ3) is 1.56. The SMILES string of the molecule is CCN1C=CC(=O)CC1. The molecule has 0 fully saturated rings. The molecule has 0 amide bonds. The van der Waals surface area contributed by atoms with Crippen LogP contribution in [-0.2, 0) is 4.79 Å². The molecule has 0 aromatic carbocycles. The van der Waals surface area contributed by atoms with Gasteiger partial charge in [-0.3, -0.25) is 4.79 Å². The number of hydrogen-bond donors (Lipinski definition) is 0. The fourth-order valence-electron chi connectivity index (χ4n) is 0.864. The molecule has 0 aromatic heterocycles. The number of carbonyl (C=O) groups excluding carboxylic acids is 1. The zero-order valence-electron chi connectivity index (χ0n) is 5.63. The van der Waals surface area contributed by atoms with E-state index < -0.39 is 0 Å². The van der Waals surface area contributed by atoms with E-state index in [0.29, 0.717) is 6.42 Å². The maximum Gasteiger partial charge on any atom is 0.158 e. The van der Waals surface area contributed by atoms with Crippen LogP contribution in [0.4, 0.5) is 0 Å². The van der Waals surface area contributed by atoms with Gasteiger partial charge < -0.3 is 4.90 Å². The van der Waals surface area contributed by atoms with Gasteiger partial charge in [0.25, 0.3) is 0 Å². The molecule has 1 rings (SSSR count). The van der Waals surface area contributed by atoms with Gasteiger partial charge in [0.2, 0.25) is 0 Å². The molecule has 0 N–H and O–H groups in total. The van der Waals surface area contributed by atoms with Crippen molar-refractivity contribution in [3.63, 3.8) is 0 Å². The molecule has 1 heterocycles. The second kappa shape index (κ2) is 2.67. The van der Waals surface area contributed by atoms with Crippen molar-refractivity contribution in [3.05, 3.63) is 12.3 Å². The van der Waals surface area contributed by atoms with E-state index in [1.165, 1.54) is 0 Å². The van der Waals surface area contributed by atoms with E-state index in [-0.39, 0.29) is 5.78 Å². The van der Waals surface area contributed by atoms with Gasteiger partial charge in [0.1, 0.15) is 0 Å². The Bertz CT molecular complexity index is 140. The lowest BCUT2D eigenvalue weighted by molar-refractivity contribution is -0.115. The van der Waals surface area contributed by atoms with Crippen molar-refractivity contribution >= 4 is 5.78 Å².